The Morgan fingerprint density at radius 3 is 1.26 bits per heavy atom. The zero-order chi connectivity index (χ0) is 25.7. The van der Waals surface area contributed by atoms with E-state index < -0.39 is 64.2 Å². The van der Waals surface area contributed by atoms with Crippen molar-refractivity contribution >= 4 is 0 Å². The zero-order valence-electron chi connectivity index (χ0n) is 16.3. The summed E-state index contributed by atoms with van der Waals surface area (Å²) in [6.07, 6.45) is -25.0. The van der Waals surface area contributed by atoms with Gasteiger partial charge in [0.15, 0.2) is 0 Å². The Morgan fingerprint density at radius 2 is 0.824 bits per heavy atom. The Labute approximate surface area is 183 Å². The van der Waals surface area contributed by atoms with E-state index in [4.69, 9.17) is 0 Å². The van der Waals surface area contributed by atoms with Gasteiger partial charge in [-0.3, -0.25) is 0 Å². The third kappa shape index (κ3) is 4.85. The molecule has 3 aromatic carbocycles. The SMILES string of the molecule is FC(F)(F)c1cc(-c2ccccc2-c2ccccc2)c(C(F)(F)F)c(C(F)(F)F)c1C(F)(F)F. The van der Waals surface area contributed by atoms with Crippen molar-refractivity contribution in [1.82, 2.24) is 0 Å². The van der Waals surface area contributed by atoms with Gasteiger partial charge in [-0.1, -0.05) is 54.6 Å². The summed E-state index contributed by atoms with van der Waals surface area (Å²) in [4.78, 5) is 0. The van der Waals surface area contributed by atoms with E-state index in [1.165, 1.54) is 36.4 Å². The van der Waals surface area contributed by atoms with E-state index in [0.29, 0.717) is 0 Å². The Balaban J connectivity index is 2.63. The van der Waals surface area contributed by atoms with Crippen molar-refractivity contribution in [2.75, 3.05) is 0 Å². The van der Waals surface area contributed by atoms with Crippen LogP contribution in [-0.4, -0.2) is 0 Å². The normalized spacial score (nSPS) is 13.3. The molecule has 0 amide bonds. The van der Waals surface area contributed by atoms with Crippen LogP contribution in [0.3, 0.4) is 0 Å². The molecule has 3 rings (SSSR count). The van der Waals surface area contributed by atoms with Gasteiger partial charge in [0.05, 0.1) is 22.3 Å². The van der Waals surface area contributed by atoms with Crippen molar-refractivity contribution in [1.29, 1.82) is 0 Å². The molecule has 0 saturated carbocycles. The minimum Gasteiger partial charge on any atom is -0.166 e. The van der Waals surface area contributed by atoms with Crippen molar-refractivity contribution < 1.29 is 52.7 Å². The average Bonchev–Trinajstić information content (AvgIpc) is 2.70. The minimum atomic E-state index is -6.42. The molecule has 0 atom stereocenters. The summed E-state index contributed by atoms with van der Waals surface area (Å²) in [6.45, 7) is 0. The molecule has 0 aliphatic rings. The molecule has 0 saturated heterocycles. The summed E-state index contributed by atoms with van der Waals surface area (Å²) < 4.78 is 164. The third-order valence-electron chi connectivity index (χ3n) is 4.79. The lowest BCUT2D eigenvalue weighted by Gasteiger charge is -2.27. The van der Waals surface area contributed by atoms with E-state index in [-0.39, 0.29) is 11.1 Å². The van der Waals surface area contributed by atoms with Gasteiger partial charge < -0.3 is 0 Å². The first-order valence-electron chi connectivity index (χ1n) is 9.08. The van der Waals surface area contributed by atoms with Crippen molar-refractivity contribution in [3.63, 3.8) is 0 Å². The molecule has 34 heavy (non-hydrogen) atoms. The second-order valence-corrected chi connectivity index (χ2v) is 7.00. The number of rotatable bonds is 2. The predicted molar refractivity (Wildman–Crippen MR) is 97.3 cm³/mol. The van der Waals surface area contributed by atoms with Crippen molar-refractivity contribution in [2.45, 2.75) is 24.7 Å². The number of hydrogen-bond acceptors (Lipinski definition) is 0. The first-order valence-corrected chi connectivity index (χ1v) is 9.08. The highest BCUT2D eigenvalue weighted by molar-refractivity contribution is 5.86. The molecular weight excluding hydrogens is 492 g/mol. The maximum absolute atomic E-state index is 13.9. The number of benzene rings is 3. The summed E-state index contributed by atoms with van der Waals surface area (Å²) >= 11 is 0. The summed E-state index contributed by atoms with van der Waals surface area (Å²) in [5, 5.41) is 0. The van der Waals surface area contributed by atoms with Crippen LogP contribution in [0.1, 0.15) is 22.3 Å². The minimum absolute atomic E-state index is 0.119. The first kappa shape index (κ1) is 25.4. The van der Waals surface area contributed by atoms with Crippen LogP contribution in [0.2, 0.25) is 0 Å². The fourth-order valence-corrected chi connectivity index (χ4v) is 3.58. The lowest BCUT2D eigenvalue weighted by atomic mass is 9.84. The highest BCUT2D eigenvalue weighted by atomic mass is 19.4. The van der Waals surface area contributed by atoms with E-state index in [1.807, 2.05) is 0 Å². The molecule has 12 heteroatoms. The van der Waals surface area contributed by atoms with E-state index in [9.17, 15) is 52.7 Å². The highest BCUT2D eigenvalue weighted by Crippen LogP contribution is 2.54. The third-order valence-corrected chi connectivity index (χ3v) is 4.79. The van der Waals surface area contributed by atoms with Crippen molar-refractivity contribution in [3.05, 3.63) is 82.9 Å². The van der Waals surface area contributed by atoms with Crippen molar-refractivity contribution in [3.8, 4) is 22.3 Å². The molecule has 3 aromatic rings. The lowest BCUT2D eigenvalue weighted by molar-refractivity contribution is -0.182. The monoisotopic (exact) mass is 502 g/mol. The second-order valence-electron chi connectivity index (χ2n) is 7.00. The second kappa shape index (κ2) is 8.24. The standard InChI is InChI=1S/C22H10F12/c23-19(24,25)15-10-14(13-9-5-4-8-12(13)11-6-2-1-3-7-11)16(20(26,27)28)18(22(32,33)34)17(15)21(29,30)31/h1-10H. The molecule has 0 aliphatic heterocycles. The topological polar surface area (TPSA) is 0 Å². The van der Waals surface area contributed by atoms with Gasteiger partial charge in [0.25, 0.3) is 0 Å². The Hall–Kier alpha value is -3.18. The molecule has 0 spiro atoms. The predicted octanol–water partition coefficient (Wildman–Crippen LogP) is 9.10. The van der Waals surface area contributed by atoms with Gasteiger partial charge in [0.1, 0.15) is 0 Å². The molecule has 0 aliphatic carbocycles. The smallest absolute Gasteiger partial charge is 0.166 e. The van der Waals surface area contributed by atoms with Gasteiger partial charge in [-0.05, 0) is 28.3 Å². The van der Waals surface area contributed by atoms with E-state index in [0.717, 1.165) is 18.2 Å². The highest BCUT2D eigenvalue weighted by Gasteiger charge is 2.56. The molecule has 0 bridgehead atoms. The molecule has 0 unspecified atom stereocenters. The quantitative estimate of drug-likeness (QED) is 0.307. The molecule has 0 aromatic heterocycles. The number of hydrogen-bond donors (Lipinski definition) is 0. The van der Waals surface area contributed by atoms with Gasteiger partial charge >= 0.3 is 24.7 Å². The largest absolute Gasteiger partial charge is 0.417 e. The molecule has 182 valence electrons. The number of halogens is 12. The fraction of sp³-hybridized carbons (Fsp3) is 0.182. The maximum atomic E-state index is 13.9. The molecule has 0 nitrogen and oxygen atoms in total. The van der Waals surface area contributed by atoms with Crippen LogP contribution in [0.5, 0.6) is 0 Å². The van der Waals surface area contributed by atoms with Gasteiger partial charge in [0.2, 0.25) is 0 Å². The van der Waals surface area contributed by atoms with Gasteiger partial charge in [-0.25, -0.2) is 0 Å². The van der Waals surface area contributed by atoms with E-state index in [1.54, 1.807) is 0 Å². The molecule has 0 radical (unpaired) electrons. The molecule has 0 heterocycles. The first-order chi connectivity index (χ1) is 15.4. The Bertz CT molecular complexity index is 1180. The van der Waals surface area contributed by atoms with Crippen LogP contribution >= 0.6 is 0 Å². The average molecular weight is 502 g/mol. The molecule has 0 fully saturated rings. The summed E-state index contributed by atoms with van der Waals surface area (Å²) in [5.74, 6) is 0. The summed E-state index contributed by atoms with van der Waals surface area (Å²) in [7, 11) is 0. The van der Waals surface area contributed by atoms with Crippen LogP contribution in [0.25, 0.3) is 22.3 Å². The summed E-state index contributed by atoms with van der Waals surface area (Å²) in [6, 6.07) is 10.7. The van der Waals surface area contributed by atoms with Crippen LogP contribution in [0.4, 0.5) is 52.7 Å². The summed E-state index contributed by atoms with van der Waals surface area (Å²) in [5.41, 5.74) is -15.2. The van der Waals surface area contributed by atoms with Gasteiger partial charge in [-0.2, -0.15) is 52.7 Å². The van der Waals surface area contributed by atoms with Crippen LogP contribution in [0.15, 0.2) is 60.7 Å². The Kier molecular flexibility index (Phi) is 6.17. The van der Waals surface area contributed by atoms with Crippen LogP contribution in [-0.2, 0) is 24.7 Å². The van der Waals surface area contributed by atoms with Crippen LogP contribution in [0, 0.1) is 0 Å². The molecule has 0 N–H and O–H groups in total. The maximum Gasteiger partial charge on any atom is 0.417 e. The zero-order valence-corrected chi connectivity index (χ0v) is 16.3. The Morgan fingerprint density at radius 1 is 0.382 bits per heavy atom. The number of alkyl halides is 12. The fourth-order valence-electron chi connectivity index (χ4n) is 3.58. The van der Waals surface area contributed by atoms with Crippen LogP contribution < -0.4 is 0 Å². The molecular formula is C22H10F12. The van der Waals surface area contributed by atoms with E-state index >= 15 is 0 Å². The van der Waals surface area contributed by atoms with Gasteiger partial charge in [0, 0.05) is 0 Å². The van der Waals surface area contributed by atoms with E-state index in [2.05, 4.69) is 0 Å². The van der Waals surface area contributed by atoms with Crippen molar-refractivity contribution in [2.24, 2.45) is 0 Å². The lowest BCUT2D eigenvalue weighted by Crippen LogP contribution is -2.28. The van der Waals surface area contributed by atoms with Gasteiger partial charge in [-0.15, -0.1) is 0 Å².